The second-order valence-corrected chi connectivity index (χ2v) is 13.5. The van der Waals surface area contributed by atoms with Crippen molar-refractivity contribution in [2.75, 3.05) is 32.2 Å². The third-order valence-electron chi connectivity index (χ3n) is 9.82. The van der Waals surface area contributed by atoms with Gasteiger partial charge in [-0.3, -0.25) is 19.1 Å². The summed E-state index contributed by atoms with van der Waals surface area (Å²) in [4.78, 5) is 38.0. The number of aromatic nitrogens is 3. The van der Waals surface area contributed by atoms with Crippen molar-refractivity contribution in [3.63, 3.8) is 0 Å². The van der Waals surface area contributed by atoms with Gasteiger partial charge in [-0.05, 0) is 94.3 Å². The Labute approximate surface area is 269 Å². The number of halogens is 2. The van der Waals surface area contributed by atoms with Gasteiger partial charge in [-0.2, -0.15) is 0 Å². The van der Waals surface area contributed by atoms with Crippen molar-refractivity contribution in [1.29, 1.82) is 0 Å². The number of ketones is 1. The zero-order valence-corrected chi connectivity index (χ0v) is 27.0. The summed E-state index contributed by atoms with van der Waals surface area (Å²) in [5.74, 6) is 0.678. The third kappa shape index (κ3) is 7.93. The Hall–Kier alpha value is -3.83. The molecular weight excluding hydrogens is 592 g/mol. The van der Waals surface area contributed by atoms with Gasteiger partial charge in [0, 0.05) is 42.3 Å². The first-order chi connectivity index (χ1) is 21.8. The number of alkyl halides is 2. The van der Waals surface area contributed by atoms with Crippen molar-refractivity contribution >= 4 is 23.4 Å². The van der Waals surface area contributed by atoms with Gasteiger partial charge < -0.3 is 15.2 Å². The van der Waals surface area contributed by atoms with E-state index in [1.54, 1.807) is 32.2 Å². The molecule has 4 heterocycles. The average molecular weight is 637 g/mol. The van der Waals surface area contributed by atoms with Crippen LogP contribution in [0.2, 0.25) is 0 Å². The molecule has 1 saturated heterocycles. The maximum absolute atomic E-state index is 13.1. The van der Waals surface area contributed by atoms with E-state index in [-0.39, 0.29) is 40.9 Å². The van der Waals surface area contributed by atoms with Crippen LogP contribution >= 0.6 is 0 Å². The number of anilines is 2. The summed E-state index contributed by atoms with van der Waals surface area (Å²) < 4.78 is 32.7. The lowest BCUT2D eigenvalue weighted by Crippen LogP contribution is -2.52. The molecule has 1 atom stereocenters. The van der Waals surface area contributed by atoms with Gasteiger partial charge in [0.15, 0.2) is 0 Å². The minimum atomic E-state index is -2.60. The zero-order chi connectivity index (χ0) is 33.1. The zero-order valence-electron chi connectivity index (χ0n) is 27.0. The minimum absolute atomic E-state index is 0.0607. The minimum Gasteiger partial charge on any atom is -0.415 e. The van der Waals surface area contributed by atoms with Gasteiger partial charge in [0.2, 0.25) is 6.73 Å². The summed E-state index contributed by atoms with van der Waals surface area (Å²) in [5.41, 5.74) is 1.55. The highest BCUT2D eigenvalue weighted by Crippen LogP contribution is 2.41. The molecule has 0 aromatic carbocycles. The normalized spacial score (nSPS) is 24.7. The van der Waals surface area contributed by atoms with Crippen LogP contribution in [-0.2, 0) is 19.9 Å². The van der Waals surface area contributed by atoms with E-state index in [0.717, 1.165) is 37.1 Å². The van der Waals surface area contributed by atoms with Crippen LogP contribution in [0.25, 0.3) is 11.3 Å². The Morgan fingerprint density at radius 2 is 1.74 bits per heavy atom. The lowest BCUT2D eigenvalue weighted by Gasteiger charge is -2.40. The number of aryl methyl sites for hydroxylation is 1. The SMILES string of the molecule is CC(=O)C1CC[N+](C)(COC(=O)C2CCC([C@@](C)(O)c3ccc(-c4cc(C)cc(Nc5cc(C(F)F)ccn5)n4)cn3)CC2)CC1. The van der Waals surface area contributed by atoms with Crippen LogP contribution in [0.15, 0.2) is 48.8 Å². The Balaban J connectivity index is 1.17. The van der Waals surface area contributed by atoms with E-state index in [9.17, 15) is 23.5 Å². The van der Waals surface area contributed by atoms with Crippen LogP contribution < -0.4 is 5.32 Å². The molecule has 0 spiro atoms. The fourth-order valence-electron chi connectivity index (χ4n) is 6.67. The second-order valence-electron chi connectivity index (χ2n) is 13.5. The fraction of sp³-hybridized carbons (Fsp3) is 0.514. The maximum Gasteiger partial charge on any atom is 0.313 e. The lowest BCUT2D eigenvalue weighted by atomic mass is 9.73. The van der Waals surface area contributed by atoms with E-state index < -0.39 is 12.0 Å². The first-order valence-corrected chi connectivity index (χ1v) is 16.0. The Bertz CT molecular complexity index is 1530. The Kier molecular flexibility index (Phi) is 10.1. The highest BCUT2D eigenvalue weighted by molar-refractivity contribution is 5.78. The number of likely N-dealkylation sites (tertiary alicyclic amines) is 1. The monoisotopic (exact) mass is 636 g/mol. The number of nitrogens with one attached hydrogen (secondary N) is 1. The first kappa shape index (κ1) is 33.5. The van der Waals surface area contributed by atoms with Crippen LogP contribution in [0.5, 0.6) is 0 Å². The van der Waals surface area contributed by atoms with Crippen LogP contribution in [0, 0.1) is 24.7 Å². The molecule has 0 bridgehead atoms. The number of nitrogens with zero attached hydrogens (tertiary/aromatic N) is 4. The van der Waals surface area contributed by atoms with Crippen molar-refractivity contribution < 1.29 is 32.7 Å². The molecule has 1 aliphatic heterocycles. The van der Waals surface area contributed by atoms with E-state index >= 15 is 0 Å². The number of aliphatic hydroxyl groups is 1. The molecule has 5 rings (SSSR count). The summed E-state index contributed by atoms with van der Waals surface area (Å²) in [6, 6.07) is 9.95. The predicted octanol–water partition coefficient (Wildman–Crippen LogP) is 6.49. The number of quaternary nitrogens is 1. The number of hydrogen-bond donors (Lipinski definition) is 2. The summed E-state index contributed by atoms with van der Waals surface area (Å²) in [6.45, 7) is 7.33. The van der Waals surface area contributed by atoms with Crippen LogP contribution in [0.4, 0.5) is 20.4 Å². The van der Waals surface area contributed by atoms with Crippen molar-refractivity contribution in [3.05, 3.63) is 65.6 Å². The highest BCUT2D eigenvalue weighted by Gasteiger charge is 2.40. The van der Waals surface area contributed by atoms with Crippen LogP contribution in [0.3, 0.4) is 0 Å². The van der Waals surface area contributed by atoms with E-state index in [1.165, 1.54) is 18.3 Å². The molecule has 11 heteroatoms. The number of carbonyl (C=O) groups excluding carboxylic acids is 2. The quantitative estimate of drug-likeness (QED) is 0.192. The molecule has 0 unspecified atom stereocenters. The largest absolute Gasteiger partial charge is 0.415 e. The number of pyridine rings is 3. The van der Waals surface area contributed by atoms with Crippen molar-refractivity contribution in [2.24, 2.45) is 17.8 Å². The molecule has 2 N–H and O–H groups in total. The van der Waals surface area contributed by atoms with Gasteiger partial charge in [-0.25, -0.2) is 18.7 Å². The molecule has 46 heavy (non-hydrogen) atoms. The molecule has 3 aromatic rings. The molecule has 0 amide bonds. The molecule has 246 valence electrons. The number of esters is 1. The Morgan fingerprint density at radius 1 is 1.02 bits per heavy atom. The number of rotatable bonds is 10. The molecule has 9 nitrogen and oxygen atoms in total. The van der Waals surface area contributed by atoms with Crippen LogP contribution in [-0.4, -0.2) is 63.2 Å². The summed E-state index contributed by atoms with van der Waals surface area (Å²) in [7, 11) is 2.08. The van der Waals surface area contributed by atoms with Gasteiger partial charge in [-0.1, -0.05) is 0 Å². The fourth-order valence-corrected chi connectivity index (χ4v) is 6.67. The van der Waals surface area contributed by atoms with E-state index in [1.807, 2.05) is 19.1 Å². The number of ether oxygens (including phenoxy) is 1. The van der Waals surface area contributed by atoms with Crippen molar-refractivity contribution in [2.45, 2.75) is 71.3 Å². The topological polar surface area (TPSA) is 114 Å². The van der Waals surface area contributed by atoms with Gasteiger partial charge in [-0.15, -0.1) is 0 Å². The van der Waals surface area contributed by atoms with E-state index in [4.69, 9.17) is 4.74 Å². The molecule has 3 aromatic heterocycles. The maximum atomic E-state index is 13.1. The molecule has 1 aliphatic carbocycles. The number of Topliss-reactive ketones (excluding diaryl/α,β-unsaturated/α-hetero) is 1. The van der Waals surface area contributed by atoms with Gasteiger partial charge in [0.1, 0.15) is 23.0 Å². The molecule has 2 aliphatic rings. The second kappa shape index (κ2) is 13.9. The van der Waals surface area contributed by atoms with E-state index in [2.05, 4.69) is 27.3 Å². The van der Waals surface area contributed by atoms with Crippen molar-refractivity contribution in [1.82, 2.24) is 15.0 Å². The number of carbonyl (C=O) groups is 2. The summed E-state index contributed by atoms with van der Waals surface area (Å²) in [5, 5.41) is 14.6. The molecule has 2 fully saturated rings. The predicted molar refractivity (Wildman–Crippen MR) is 170 cm³/mol. The lowest BCUT2D eigenvalue weighted by molar-refractivity contribution is -0.930. The van der Waals surface area contributed by atoms with Gasteiger partial charge >= 0.3 is 5.97 Å². The molecule has 0 radical (unpaired) electrons. The average Bonchev–Trinajstić information content (AvgIpc) is 3.04. The summed E-state index contributed by atoms with van der Waals surface area (Å²) in [6.07, 6.45) is 4.72. The number of hydrogen-bond acceptors (Lipinski definition) is 8. The van der Waals surface area contributed by atoms with Gasteiger partial charge in [0.25, 0.3) is 6.43 Å². The van der Waals surface area contributed by atoms with Crippen molar-refractivity contribution in [3.8, 4) is 11.3 Å². The van der Waals surface area contributed by atoms with Crippen LogP contribution in [0.1, 0.15) is 75.6 Å². The first-order valence-electron chi connectivity index (χ1n) is 16.0. The number of piperidine rings is 1. The molecule has 1 saturated carbocycles. The summed E-state index contributed by atoms with van der Waals surface area (Å²) >= 11 is 0. The third-order valence-corrected chi connectivity index (χ3v) is 9.82. The smallest absolute Gasteiger partial charge is 0.313 e. The van der Waals surface area contributed by atoms with E-state index in [0.29, 0.717) is 54.1 Å². The Morgan fingerprint density at radius 3 is 2.37 bits per heavy atom. The molecular formula is C35H44F2N5O4+. The van der Waals surface area contributed by atoms with Gasteiger partial charge in [0.05, 0.1) is 37.4 Å². The highest BCUT2D eigenvalue weighted by atomic mass is 19.3. The standard InChI is InChI=1S/C35H44F2N5O4/c1-22-17-29(40-32(18-22)41-31-19-26(33(36)37)11-14-38-31)27-7-10-30(39-20-27)35(3,45)28-8-5-25(6-9-28)34(44)46-21-42(4)15-12-24(13-16-42)23(2)43/h7,10-11,14,17-20,24-25,28,33,45H,5-6,8-9,12-13,15-16,21H2,1-4H3,(H,38,40,41)/q+1/t24?,25?,28?,35-,42?/m1/s1.